The fraction of sp³-hybridized carbons (Fsp3) is 0. The molecule has 3 heteroatoms. The molecule has 0 amide bonds. The van der Waals surface area contributed by atoms with E-state index in [4.69, 9.17) is 0 Å². The van der Waals surface area contributed by atoms with E-state index in [1.54, 1.807) is 6.20 Å². The Morgan fingerprint density at radius 1 is 1.67 bits per heavy atom. The summed E-state index contributed by atoms with van der Waals surface area (Å²) in [5, 5.41) is 3.91. The minimum atomic E-state index is 0.824. The normalized spacial score (nSPS) is 8.83. The molecule has 6 heavy (non-hydrogen) atoms. The summed E-state index contributed by atoms with van der Waals surface area (Å²) < 4.78 is 1.92. The van der Waals surface area contributed by atoms with Crippen molar-refractivity contribution in [1.29, 1.82) is 0 Å². The Bertz CT molecular complexity index is 112. The standard InChI is InChI=1S/C3H3N2.Pb.H/c1-2-4-5-3-1;;/h1-3H;;/q-1;+1;. The molecule has 0 aliphatic heterocycles. The van der Waals surface area contributed by atoms with Crippen LogP contribution in [-0.4, -0.2) is 33.7 Å². The summed E-state index contributed by atoms with van der Waals surface area (Å²) >= 11 is 0.824. The predicted molar refractivity (Wildman–Crippen MR) is 24.8 cm³/mol. The summed E-state index contributed by atoms with van der Waals surface area (Å²) in [5.74, 6) is 0. The molecule has 0 aliphatic carbocycles. The molecule has 0 bridgehead atoms. The van der Waals surface area contributed by atoms with E-state index in [1.165, 1.54) is 0 Å². The molecule has 1 heterocycles. The molecule has 0 unspecified atom stereocenters. The van der Waals surface area contributed by atoms with E-state index in [1.807, 2.05) is 14.8 Å². The maximum absolute atomic E-state index is 3.91. The Hall–Kier alpha value is 0.132. The van der Waals surface area contributed by atoms with Gasteiger partial charge in [0.05, 0.1) is 0 Å². The van der Waals surface area contributed by atoms with Crippen LogP contribution < -0.4 is 0 Å². The summed E-state index contributed by atoms with van der Waals surface area (Å²) in [6.07, 6.45) is 3.75. The van der Waals surface area contributed by atoms with Crippen molar-refractivity contribution in [3.63, 3.8) is 0 Å². The second kappa shape index (κ2) is 1.72. The van der Waals surface area contributed by atoms with Gasteiger partial charge in [-0.05, 0) is 0 Å². The van der Waals surface area contributed by atoms with Gasteiger partial charge in [-0.1, -0.05) is 0 Å². The van der Waals surface area contributed by atoms with E-state index >= 15 is 0 Å². The van der Waals surface area contributed by atoms with Gasteiger partial charge in [-0.3, -0.25) is 0 Å². The van der Waals surface area contributed by atoms with Crippen molar-refractivity contribution >= 4 is 26.1 Å². The molecular weight excluding hydrogens is 271 g/mol. The number of nitrogens with zero attached hydrogens (tertiary/aromatic N) is 2. The molecule has 2 radical (unpaired) electrons. The van der Waals surface area contributed by atoms with E-state index in [0.29, 0.717) is 0 Å². The summed E-state index contributed by atoms with van der Waals surface area (Å²) in [6, 6.07) is 1.93. The van der Waals surface area contributed by atoms with Crippen molar-refractivity contribution in [1.82, 2.24) is 7.59 Å². The van der Waals surface area contributed by atoms with E-state index in [2.05, 4.69) is 5.10 Å². The average Bonchev–Trinajstić information content (AvgIpc) is 1.86. The zero-order valence-electron chi connectivity index (χ0n) is 3.20. The van der Waals surface area contributed by atoms with Crippen molar-refractivity contribution in [2.45, 2.75) is 0 Å². The Morgan fingerprint density at radius 2 is 2.50 bits per heavy atom. The second-order valence-electron chi connectivity index (χ2n) is 0.986. The molecule has 0 fully saturated rings. The molecule has 1 aromatic rings. The van der Waals surface area contributed by atoms with Gasteiger partial charge in [0, 0.05) is 0 Å². The van der Waals surface area contributed by atoms with Gasteiger partial charge in [0.1, 0.15) is 0 Å². The first kappa shape index (κ1) is 4.30. The van der Waals surface area contributed by atoms with Crippen LogP contribution in [0.5, 0.6) is 0 Å². The summed E-state index contributed by atoms with van der Waals surface area (Å²) in [5.41, 5.74) is 0. The summed E-state index contributed by atoms with van der Waals surface area (Å²) in [7, 11) is 0. The van der Waals surface area contributed by atoms with Crippen LogP contribution in [0.15, 0.2) is 18.5 Å². The van der Waals surface area contributed by atoms with Gasteiger partial charge in [0.2, 0.25) is 0 Å². The van der Waals surface area contributed by atoms with Crippen LogP contribution in [0.3, 0.4) is 0 Å². The third-order valence-electron chi connectivity index (χ3n) is 0.525. The van der Waals surface area contributed by atoms with Crippen LogP contribution in [0.1, 0.15) is 0 Å². The van der Waals surface area contributed by atoms with Crippen molar-refractivity contribution in [3.05, 3.63) is 18.5 Å². The van der Waals surface area contributed by atoms with E-state index in [9.17, 15) is 0 Å². The van der Waals surface area contributed by atoms with Crippen LogP contribution in [0.4, 0.5) is 0 Å². The predicted octanol–water partition coefficient (Wildman–Crippen LogP) is -0.453. The Balaban J connectivity index is 3.05. The first-order valence-corrected chi connectivity index (χ1v) is 3.65. The minimum absolute atomic E-state index is 0.824. The van der Waals surface area contributed by atoms with E-state index in [-0.39, 0.29) is 0 Å². The van der Waals surface area contributed by atoms with Crippen molar-refractivity contribution < 1.29 is 0 Å². The molecule has 0 spiro atoms. The molecule has 2 nitrogen and oxygen atoms in total. The van der Waals surface area contributed by atoms with Crippen LogP contribution >= 0.6 is 0 Å². The van der Waals surface area contributed by atoms with Gasteiger partial charge in [-0.25, -0.2) is 0 Å². The van der Waals surface area contributed by atoms with E-state index < -0.39 is 0 Å². The van der Waals surface area contributed by atoms with Gasteiger partial charge >= 0.3 is 52.1 Å². The van der Waals surface area contributed by atoms with Gasteiger partial charge in [0.15, 0.2) is 0 Å². The molecule has 1 rings (SSSR count). The number of hydrogen-bond acceptors (Lipinski definition) is 1. The number of aromatic nitrogens is 2. The quantitative estimate of drug-likeness (QED) is 0.586. The molecular formula is C3H4N2Pb. The molecule has 0 aliphatic rings. The average molecular weight is 275 g/mol. The number of hydrogen-bond donors (Lipinski definition) is 0. The summed E-state index contributed by atoms with van der Waals surface area (Å²) in [6.45, 7) is 0. The molecule has 30 valence electrons. The van der Waals surface area contributed by atoms with Gasteiger partial charge < -0.3 is 0 Å². The Kier molecular flexibility index (Phi) is 1.23. The topological polar surface area (TPSA) is 17.8 Å². The van der Waals surface area contributed by atoms with Crippen molar-refractivity contribution in [2.24, 2.45) is 0 Å². The zero-order chi connectivity index (χ0) is 4.41. The molecule has 1 aromatic heterocycles. The first-order chi connectivity index (χ1) is 2.89. The second-order valence-corrected chi connectivity index (χ2v) is 3.04. The van der Waals surface area contributed by atoms with Crippen molar-refractivity contribution in [2.75, 3.05) is 0 Å². The monoisotopic (exact) mass is 276 g/mol. The third-order valence-corrected chi connectivity index (χ3v) is 1.71. The molecule has 0 atom stereocenters. The molecule has 0 aromatic carbocycles. The van der Waals surface area contributed by atoms with Crippen molar-refractivity contribution in [3.8, 4) is 0 Å². The fourth-order valence-corrected chi connectivity index (χ4v) is 0.966. The van der Waals surface area contributed by atoms with Crippen LogP contribution in [0.25, 0.3) is 0 Å². The first-order valence-electron chi connectivity index (χ1n) is 1.64. The van der Waals surface area contributed by atoms with Gasteiger partial charge in [-0.15, -0.1) is 0 Å². The zero-order valence-corrected chi connectivity index (χ0v) is 7.69. The fourth-order valence-electron chi connectivity index (χ4n) is 0.281. The Labute approximate surface area is 52.3 Å². The number of rotatable bonds is 0. The van der Waals surface area contributed by atoms with Gasteiger partial charge in [0.25, 0.3) is 0 Å². The summed E-state index contributed by atoms with van der Waals surface area (Å²) in [4.78, 5) is 0. The molecule has 0 saturated heterocycles. The van der Waals surface area contributed by atoms with Crippen LogP contribution in [0.2, 0.25) is 0 Å². The Morgan fingerprint density at radius 3 is 2.67 bits per heavy atom. The third kappa shape index (κ3) is 0.797. The SMILES string of the molecule is [PbH][n]1cccn1. The molecule has 0 saturated carbocycles. The van der Waals surface area contributed by atoms with Crippen LogP contribution in [-0.2, 0) is 0 Å². The maximum atomic E-state index is 3.91. The van der Waals surface area contributed by atoms with Crippen LogP contribution in [0, 0.1) is 0 Å². The van der Waals surface area contributed by atoms with Gasteiger partial charge in [-0.2, -0.15) is 0 Å². The molecule has 0 N–H and O–H groups in total. The van der Waals surface area contributed by atoms with E-state index in [0.717, 1.165) is 26.1 Å².